The molecule has 0 saturated carbocycles. The zero-order valence-corrected chi connectivity index (χ0v) is 10.6. The molecule has 1 amide bonds. The standard InChI is InChI=1S/C12H23NO3/c1-8(2)6-5-7-9(3)13-11(14)10(4)12(15)16/h8-10H,5-7H2,1-4H3,(H,13,14)(H,15,16). The number of carbonyl (C=O) groups excluding carboxylic acids is 1. The summed E-state index contributed by atoms with van der Waals surface area (Å²) < 4.78 is 0. The van der Waals surface area contributed by atoms with Gasteiger partial charge in [0.15, 0.2) is 0 Å². The molecule has 0 bridgehead atoms. The molecule has 0 heterocycles. The number of amides is 1. The Hall–Kier alpha value is -1.06. The third-order valence-corrected chi connectivity index (χ3v) is 2.57. The van der Waals surface area contributed by atoms with Crippen LogP contribution in [0.4, 0.5) is 0 Å². The first-order valence-electron chi connectivity index (χ1n) is 5.87. The SMILES string of the molecule is CC(C)CCCC(C)NC(=O)C(C)C(=O)O. The molecule has 0 aromatic rings. The van der Waals surface area contributed by atoms with Crippen LogP contribution in [-0.4, -0.2) is 23.0 Å². The van der Waals surface area contributed by atoms with Gasteiger partial charge in [0.2, 0.25) is 5.91 Å². The van der Waals surface area contributed by atoms with Crippen LogP contribution >= 0.6 is 0 Å². The van der Waals surface area contributed by atoms with Crippen LogP contribution in [-0.2, 0) is 9.59 Å². The molecule has 0 aromatic heterocycles. The predicted octanol–water partition coefficient (Wildman–Crippen LogP) is 2.04. The lowest BCUT2D eigenvalue weighted by atomic mass is 10.0. The molecule has 0 fully saturated rings. The number of carboxylic acids is 1. The molecule has 4 heteroatoms. The molecule has 0 aliphatic rings. The van der Waals surface area contributed by atoms with Crippen LogP contribution in [0.25, 0.3) is 0 Å². The molecule has 0 aliphatic heterocycles. The molecular formula is C12H23NO3. The van der Waals surface area contributed by atoms with Gasteiger partial charge in [-0.05, 0) is 26.2 Å². The Morgan fingerprint density at radius 3 is 2.12 bits per heavy atom. The monoisotopic (exact) mass is 229 g/mol. The van der Waals surface area contributed by atoms with Crippen molar-refractivity contribution >= 4 is 11.9 Å². The molecule has 0 saturated heterocycles. The summed E-state index contributed by atoms with van der Waals surface area (Å²) in [4.78, 5) is 22.0. The van der Waals surface area contributed by atoms with E-state index in [4.69, 9.17) is 5.11 Å². The molecule has 0 spiro atoms. The Balaban J connectivity index is 3.82. The minimum absolute atomic E-state index is 0.0491. The van der Waals surface area contributed by atoms with E-state index in [0.717, 1.165) is 19.3 Å². The first-order chi connectivity index (χ1) is 7.34. The first-order valence-corrected chi connectivity index (χ1v) is 5.87. The number of carbonyl (C=O) groups is 2. The quantitative estimate of drug-likeness (QED) is 0.656. The van der Waals surface area contributed by atoms with Gasteiger partial charge in [0.1, 0.15) is 5.92 Å². The summed E-state index contributed by atoms with van der Waals surface area (Å²) in [6, 6.07) is 0.0491. The van der Waals surface area contributed by atoms with Gasteiger partial charge in [0.05, 0.1) is 0 Å². The molecule has 4 nitrogen and oxygen atoms in total. The van der Waals surface area contributed by atoms with Gasteiger partial charge in [-0.1, -0.05) is 26.7 Å². The smallest absolute Gasteiger partial charge is 0.315 e. The molecule has 2 unspecified atom stereocenters. The van der Waals surface area contributed by atoms with E-state index in [0.29, 0.717) is 5.92 Å². The van der Waals surface area contributed by atoms with Crippen LogP contribution in [0.1, 0.15) is 47.0 Å². The lowest BCUT2D eigenvalue weighted by molar-refractivity contribution is -0.146. The second-order valence-electron chi connectivity index (χ2n) is 4.79. The van der Waals surface area contributed by atoms with Crippen molar-refractivity contribution in [3.05, 3.63) is 0 Å². The zero-order valence-electron chi connectivity index (χ0n) is 10.6. The molecule has 94 valence electrons. The number of rotatable bonds is 7. The van der Waals surface area contributed by atoms with Crippen molar-refractivity contribution in [3.8, 4) is 0 Å². The van der Waals surface area contributed by atoms with E-state index < -0.39 is 17.8 Å². The van der Waals surface area contributed by atoms with Gasteiger partial charge < -0.3 is 10.4 Å². The van der Waals surface area contributed by atoms with Crippen molar-refractivity contribution in [1.29, 1.82) is 0 Å². The van der Waals surface area contributed by atoms with E-state index in [2.05, 4.69) is 19.2 Å². The van der Waals surface area contributed by atoms with Gasteiger partial charge in [-0.3, -0.25) is 9.59 Å². The van der Waals surface area contributed by atoms with Crippen molar-refractivity contribution in [2.24, 2.45) is 11.8 Å². The van der Waals surface area contributed by atoms with Crippen LogP contribution in [0.5, 0.6) is 0 Å². The van der Waals surface area contributed by atoms with Gasteiger partial charge >= 0.3 is 5.97 Å². The molecule has 0 aromatic carbocycles. The van der Waals surface area contributed by atoms with Crippen LogP contribution in [0, 0.1) is 11.8 Å². The summed E-state index contributed by atoms with van der Waals surface area (Å²) in [6.45, 7) is 7.64. The van der Waals surface area contributed by atoms with Gasteiger partial charge in [-0.15, -0.1) is 0 Å². The van der Waals surface area contributed by atoms with Crippen LogP contribution in [0.3, 0.4) is 0 Å². The first kappa shape index (κ1) is 14.9. The lowest BCUT2D eigenvalue weighted by Gasteiger charge is -2.16. The number of nitrogens with one attached hydrogen (secondary N) is 1. The number of aliphatic carboxylic acids is 1. The molecule has 16 heavy (non-hydrogen) atoms. The van der Waals surface area contributed by atoms with Crippen molar-refractivity contribution < 1.29 is 14.7 Å². The highest BCUT2D eigenvalue weighted by Crippen LogP contribution is 2.08. The largest absolute Gasteiger partial charge is 0.481 e. The zero-order chi connectivity index (χ0) is 12.7. The Bertz CT molecular complexity index is 238. The maximum atomic E-state index is 11.4. The summed E-state index contributed by atoms with van der Waals surface area (Å²) in [5.41, 5.74) is 0. The van der Waals surface area contributed by atoms with Crippen molar-refractivity contribution in [2.45, 2.75) is 53.0 Å². The molecule has 0 rings (SSSR count). The second kappa shape index (κ2) is 7.25. The molecule has 2 atom stereocenters. The molecule has 0 aliphatic carbocycles. The maximum Gasteiger partial charge on any atom is 0.315 e. The third kappa shape index (κ3) is 6.43. The van der Waals surface area contributed by atoms with Crippen LogP contribution in [0.2, 0.25) is 0 Å². The predicted molar refractivity (Wildman–Crippen MR) is 63.1 cm³/mol. The molecule has 2 N–H and O–H groups in total. The lowest BCUT2D eigenvalue weighted by Crippen LogP contribution is -2.39. The van der Waals surface area contributed by atoms with Gasteiger partial charge in [0.25, 0.3) is 0 Å². The minimum Gasteiger partial charge on any atom is -0.481 e. The fraction of sp³-hybridized carbons (Fsp3) is 0.833. The van der Waals surface area contributed by atoms with Gasteiger partial charge in [-0.25, -0.2) is 0 Å². The number of hydrogen-bond donors (Lipinski definition) is 2. The van der Waals surface area contributed by atoms with Crippen molar-refractivity contribution in [3.63, 3.8) is 0 Å². The summed E-state index contributed by atoms with van der Waals surface area (Å²) in [5.74, 6) is -1.77. The number of carboxylic acid groups (broad SMARTS) is 1. The number of hydrogen-bond acceptors (Lipinski definition) is 2. The van der Waals surface area contributed by atoms with E-state index in [9.17, 15) is 9.59 Å². The minimum atomic E-state index is -1.08. The average Bonchev–Trinajstić information content (AvgIpc) is 2.15. The fourth-order valence-electron chi connectivity index (χ4n) is 1.38. The van der Waals surface area contributed by atoms with E-state index in [1.165, 1.54) is 6.92 Å². The van der Waals surface area contributed by atoms with Crippen LogP contribution < -0.4 is 5.32 Å². The van der Waals surface area contributed by atoms with Crippen molar-refractivity contribution in [1.82, 2.24) is 5.32 Å². The van der Waals surface area contributed by atoms with Gasteiger partial charge in [-0.2, -0.15) is 0 Å². The Kier molecular flexibility index (Phi) is 6.77. The maximum absolute atomic E-state index is 11.4. The highest BCUT2D eigenvalue weighted by molar-refractivity contribution is 5.96. The summed E-state index contributed by atoms with van der Waals surface area (Å²) in [7, 11) is 0. The van der Waals surface area contributed by atoms with E-state index in [1.807, 2.05) is 6.92 Å². The fourth-order valence-corrected chi connectivity index (χ4v) is 1.38. The van der Waals surface area contributed by atoms with E-state index >= 15 is 0 Å². The Morgan fingerprint density at radius 1 is 1.12 bits per heavy atom. The highest BCUT2D eigenvalue weighted by Gasteiger charge is 2.21. The average molecular weight is 229 g/mol. The molecule has 0 radical (unpaired) electrons. The second-order valence-corrected chi connectivity index (χ2v) is 4.79. The van der Waals surface area contributed by atoms with E-state index in [-0.39, 0.29) is 6.04 Å². The summed E-state index contributed by atoms with van der Waals surface area (Å²) in [6.07, 6.45) is 3.09. The van der Waals surface area contributed by atoms with E-state index in [1.54, 1.807) is 0 Å². The Labute approximate surface area is 97.4 Å². The summed E-state index contributed by atoms with van der Waals surface area (Å²) >= 11 is 0. The Morgan fingerprint density at radius 2 is 1.69 bits per heavy atom. The highest BCUT2D eigenvalue weighted by atomic mass is 16.4. The topological polar surface area (TPSA) is 66.4 Å². The summed E-state index contributed by atoms with van der Waals surface area (Å²) in [5, 5.41) is 11.4. The third-order valence-electron chi connectivity index (χ3n) is 2.57. The molecular weight excluding hydrogens is 206 g/mol. The van der Waals surface area contributed by atoms with Gasteiger partial charge in [0, 0.05) is 6.04 Å². The van der Waals surface area contributed by atoms with Crippen LogP contribution in [0.15, 0.2) is 0 Å². The van der Waals surface area contributed by atoms with Crippen molar-refractivity contribution in [2.75, 3.05) is 0 Å². The normalized spacial score (nSPS) is 14.6.